The van der Waals surface area contributed by atoms with Gasteiger partial charge in [0.2, 0.25) is 5.78 Å². The van der Waals surface area contributed by atoms with Gasteiger partial charge >= 0.3 is 0 Å². The van der Waals surface area contributed by atoms with Crippen LogP contribution >= 0.6 is 11.6 Å². The monoisotopic (exact) mass is 404 g/mol. The summed E-state index contributed by atoms with van der Waals surface area (Å²) in [6.45, 7) is 8.14. The number of aromatic nitrogens is 1. The molecule has 1 unspecified atom stereocenters. The topological polar surface area (TPSA) is 55.5 Å². The Hall–Kier alpha value is -2.11. The quantitative estimate of drug-likeness (QED) is 0.596. The van der Waals surface area contributed by atoms with Gasteiger partial charge in [-0.3, -0.25) is 9.59 Å². The van der Waals surface area contributed by atoms with E-state index in [1.54, 1.807) is 0 Å². The van der Waals surface area contributed by atoms with E-state index >= 15 is 0 Å². The number of quaternary nitrogens is 1. The van der Waals surface area contributed by atoms with Crippen LogP contribution in [0.1, 0.15) is 40.7 Å². The number of carbonyl (C=O) groups is 2. The summed E-state index contributed by atoms with van der Waals surface area (Å²) in [6, 6.07) is 9.83. The molecular formula is C22H31ClN3O2+. The van der Waals surface area contributed by atoms with E-state index in [4.69, 9.17) is 11.6 Å². The third-order valence-electron chi connectivity index (χ3n) is 4.91. The minimum absolute atomic E-state index is 0.0133. The molecule has 1 aromatic heterocycles. The number of nitrogens with one attached hydrogen (secondary N) is 2. The summed E-state index contributed by atoms with van der Waals surface area (Å²) in [7, 11) is 1.88. The van der Waals surface area contributed by atoms with E-state index in [9.17, 15) is 9.59 Å². The van der Waals surface area contributed by atoms with E-state index in [0.29, 0.717) is 19.6 Å². The molecule has 0 aliphatic heterocycles. The normalized spacial score (nSPS) is 12.0. The van der Waals surface area contributed by atoms with Crippen LogP contribution in [0, 0.1) is 13.8 Å². The number of carbonyl (C=O) groups excluding carboxylic acids is 2. The second-order valence-corrected chi connectivity index (χ2v) is 7.83. The molecule has 1 amide bonds. The Morgan fingerprint density at radius 2 is 1.82 bits per heavy atom. The molecule has 0 bridgehead atoms. The number of hydrogen-bond donors (Lipinski definition) is 2. The first-order valence-corrected chi connectivity index (χ1v) is 10.2. The predicted molar refractivity (Wildman–Crippen MR) is 113 cm³/mol. The number of ketones is 1. The summed E-state index contributed by atoms with van der Waals surface area (Å²) >= 11 is 5.95. The van der Waals surface area contributed by atoms with Gasteiger partial charge in [-0.25, -0.2) is 0 Å². The highest BCUT2D eigenvalue weighted by atomic mass is 35.5. The van der Waals surface area contributed by atoms with Crippen molar-refractivity contribution in [3.8, 4) is 0 Å². The fourth-order valence-corrected chi connectivity index (χ4v) is 3.48. The average Bonchev–Trinajstić information content (AvgIpc) is 2.93. The second-order valence-electron chi connectivity index (χ2n) is 7.40. The Bertz CT molecular complexity index is 812. The Labute approximate surface area is 172 Å². The minimum Gasteiger partial charge on any atom is -0.351 e. The van der Waals surface area contributed by atoms with Gasteiger partial charge in [-0.2, -0.15) is 0 Å². The van der Waals surface area contributed by atoms with Crippen LogP contribution in [0.5, 0.6) is 0 Å². The largest absolute Gasteiger partial charge is 0.351 e. The van der Waals surface area contributed by atoms with Crippen molar-refractivity contribution in [2.45, 2.75) is 40.2 Å². The number of likely N-dealkylation sites (N-methyl/N-ethyl adjacent to an activating group) is 1. The van der Waals surface area contributed by atoms with Crippen molar-refractivity contribution < 1.29 is 14.5 Å². The van der Waals surface area contributed by atoms with Gasteiger partial charge in [0, 0.05) is 35.1 Å². The maximum atomic E-state index is 12.8. The van der Waals surface area contributed by atoms with Crippen molar-refractivity contribution in [1.82, 2.24) is 9.88 Å². The molecule has 152 valence electrons. The summed E-state index contributed by atoms with van der Waals surface area (Å²) in [5.41, 5.74) is 4.03. The molecular weight excluding hydrogens is 374 g/mol. The minimum atomic E-state index is -0.0133. The molecule has 1 aromatic carbocycles. The van der Waals surface area contributed by atoms with E-state index < -0.39 is 0 Å². The number of amides is 1. The Kier molecular flexibility index (Phi) is 8.27. The van der Waals surface area contributed by atoms with Gasteiger partial charge in [-0.05, 0) is 50.5 Å². The Morgan fingerprint density at radius 1 is 1.14 bits per heavy atom. The van der Waals surface area contributed by atoms with Crippen LogP contribution in [-0.2, 0) is 17.8 Å². The van der Waals surface area contributed by atoms with Crippen LogP contribution in [0.4, 0.5) is 0 Å². The zero-order valence-electron chi connectivity index (χ0n) is 17.3. The van der Waals surface area contributed by atoms with Crippen LogP contribution in [-0.4, -0.2) is 42.9 Å². The lowest BCUT2D eigenvalue weighted by Gasteiger charge is -2.13. The number of aryl methyl sites for hydroxylation is 2. The standard InChI is InChI=1S/C22H30ClN3O2/c1-5-11-24-22(28)15-25(4)14-21(27)20-13-16(2)26(17(20)3)12-10-18-6-8-19(23)9-7-18/h6-9,13H,5,10-12,14-15H2,1-4H3,(H,24,28)/p+1. The zero-order chi connectivity index (χ0) is 20.7. The van der Waals surface area contributed by atoms with Crippen molar-refractivity contribution in [1.29, 1.82) is 0 Å². The van der Waals surface area contributed by atoms with Crippen molar-refractivity contribution >= 4 is 23.3 Å². The molecule has 2 N–H and O–H groups in total. The first-order chi connectivity index (χ1) is 13.3. The third kappa shape index (κ3) is 6.21. The molecule has 0 saturated carbocycles. The smallest absolute Gasteiger partial charge is 0.275 e. The maximum absolute atomic E-state index is 12.8. The first-order valence-electron chi connectivity index (χ1n) is 9.84. The lowest BCUT2D eigenvalue weighted by Crippen LogP contribution is -3.11. The van der Waals surface area contributed by atoms with Crippen LogP contribution in [0.2, 0.25) is 5.02 Å². The summed E-state index contributed by atoms with van der Waals surface area (Å²) in [6.07, 6.45) is 1.79. The van der Waals surface area contributed by atoms with E-state index in [0.717, 1.165) is 46.3 Å². The number of rotatable bonds is 10. The zero-order valence-corrected chi connectivity index (χ0v) is 18.0. The third-order valence-corrected chi connectivity index (χ3v) is 5.16. The van der Waals surface area contributed by atoms with Gasteiger partial charge in [0.05, 0.1) is 7.05 Å². The number of benzene rings is 1. The van der Waals surface area contributed by atoms with Crippen LogP contribution in [0.3, 0.4) is 0 Å². The lowest BCUT2D eigenvalue weighted by atomic mass is 10.1. The maximum Gasteiger partial charge on any atom is 0.275 e. The molecule has 5 nitrogen and oxygen atoms in total. The van der Waals surface area contributed by atoms with Gasteiger partial charge in [-0.15, -0.1) is 0 Å². The van der Waals surface area contributed by atoms with E-state index in [1.165, 1.54) is 5.56 Å². The molecule has 0 radical (unpaired) electrons. The van der Waals surface area contributed by atoms with Gasteiger partial charge in [0.25, 0.3) is 5.91 Å². The summed E-state index contributed by atoms with van der Waals surface area (Å²) < 4.78 is 2.19. The van der Waals surface area contributed by atoms with E-state index in [2.05, 4.69) is 9.88 Å². The fraction of sp³-hybridized carbons (Fsp3) is 0.455. The first kappa shape index (κ1) is 22.2. The number of halogens is 1. The Balaban J connectivity index is 1.98. The van der Waals surface area contributed by atoms with E-state index in [-0.39, 0.29) is 11.7 Å². The molecule has 0 aliphatic rings. The van der Waals surface area contributed by atoms with Crippen LogP contribution < -0.4 is 10.2 Å². The van der Waals surface area contributed by atoms with Crippen molar-refractivity contribution in [2.24, 2.45) is 0 Å². The average molecular weight is 405 g/mol. The second kappa shape index (κ2) is 10.4. The van der Waals surface area contributed by atoms with E-state index in [1.807, 2.05) is 58.2 Å². The Morgan fingerprint density at radius 3 is 2.46 bits per heavy atom. The SMILES string of the molecule is CCCNC(=O)C[NH+](C)CC(=O)c1cc(C)n(CCc2ccc(Cl)cc2)c1C. The van der Waals surface area contributed by atoms with Gasteiger partial charge in [0.1, 0.15) is 6.54 Å². The van der Waals surface area contributed by atoms with Crippen molar-refractivity contribution in [3.05, 3.63) is 57.9 Å². The number of nitrogens with zero attached hydrogens (tertiary/aromatic N) is 1. The summed E-state index contributed by atoms with van der Waals surface area (Å²) in [4.78, 5) is 25.5. The molecule has 1 heterocycles. The van der Waals surface area contributed by atoms with Gasteiger partial charge < -0.3 is 14.8 Å². The molecule has 0 saturated heterocycles. The molecule has 0 fully saturated rings. The predicted octanol–water partition coefficient (Wildman–Crippen LogP) is 2.22. The highest BCUT2D eigenvalue weighted by Gasteiger charge is 2.20. The molecule has 1 atom stereocenters. The number of Topliss-reactive ketones (excluding diaryl/α,β-unsaturated/α-hetero) is 1. The highest BCUT2D eigenvalue weighted by Crippen LogP contribution is 2.17. The van der Waals surface area contributed by atoms with Crippen LogP contribution in [0.25, 0.3) is 0 Å². The van der Waals surface area contributed by atoms with Gasteiger partial charge in [0.15, 0.2) is 6.54 Å². The molecule has 6 heteroatoms. The molecule has 28 heavy (non-hydrogen) atoms. The molecule has 2 rings (SSSR count). The fourth-order valence-electron chi connectivity index (χ4n) is 3.35. The number of hydrogen-bond acceptors (Lipinski definition) is 2. The van der Waals surface area contributed by atoms with Crippen LogP contribution in [0.15, 0.2) is 30.3 Å². The lowest BCUT2D eigenvalue weighted by molar-refractivity contribution is -0.862. The van der Waals surface area contributed by atoms with Crippen molar-refractivity contribution in [3.63, 3.8) is 0 Å². The summed E-state index contributed by atoms with van der Waals surface area (Å²) in [5, 5.41) is 3.59. The molecule has 0 aliphatic carbocycles. The highest BCUT2D eigenvalue weighted by molar-refractivity contribution is 6.30. The summed E-state index contributed by atoms with van der Waals surface area (Å²) in [5.74, 6) is 0.0622. The molecule has 2 aromatic rings. The molecule has 0 spiro atoms. The van der Waals surface area contributed by atoms with Gasteiger partial charge in [-0.1, -0.05) is 30.7 Å². The van der Waals surface area contributed by atoms with Crippen molar-refractivity contribution in [2.75, 3.05) is 26.7 Å².